The Balaban J connectivity index is 1.42. The van der Waals surface area contributed by atoms with Gasteiger partial charge in [-0.05, 0) is 29.8 Å². The number of carbonyl (C=O) groups is 1. The zero-order valence-electron chi connectivity index (χ0n) is 17.9. The molecule has 2 unspecified atom stereocenters. The second-order valence-corrected chi connectivity index (χ2v) is 8.56. The van der Waals surface area contributed by atoms with E-state index in [-0.39, 0.29) is 5.78 Å². The number of piperazine rings is 1. The van der Waals surface area contributed by atoms with Crippen molar-refractivity contribution in [1.82, 2.24) is 19.9 Å². The van der Waals surface area contributed by atoms with Gasteiger partial charge in [-0.3, -0.25) is 9.69 Å². The summed E-state index contributed by atoms with van der Waals surface area (Å²) in [5.74, 6) is 0.386. The lowest BCUT2D eigenvalue weighted by Crippen LogP contribution is -2.51. The summed E-state index contributed by atoms with van der Waals surface area (Å²) < 4.78 is 0. The van der Waals surface area contributed by atoms with Gasteiger partial charge in [-0.2, -0.15) is 0 Å². The number of ketones is 1. The van der Waals surface area contributed by atoms with E-state index in [9.17, 15) is 9.90 Å². The summed E-state index contributed by atoms with van der Waals surface area (Å²) in [4.78, 5) is 29.6. The minimum absolute atomic E-state index is 0.304. The molecule has 4 aromatic rings. The Hall–Kier alpha value is -3.26. The van der Waals surface area contributed by atoms with Crippen molar-refractivity contribution in [1.29, 1.82) is 0 Å². The van der Waals surface area contributed by atoms with Crippen molar-refractivity contribution in [3.05, 3.63) is 89.3 Å². The molecular weight excluding hydrogens is 438 g/mol. The highest BCUT2D eigenvalue weighted by molar-refractivity contribution is 6.30. The number of Topliss-reactive ketones (excluding diaryl/α,β-unsaturated/α-hetero) is 1. The van der Waals surface area contributed by atoms with Crippen LogP contribution < -0.4 is 4.90 Å². The quantitative estimate of drug-likeness (QED) is 0.426. The van der Waals surface area contributed by atoms with Gasteiger partial charge in [-0.1, -0.05) is 41.9 Å². The van der Waals surface area contributed by atoms with Crippen LogP contribution in [0.3, 0.4) is 0 Å². The van der Waals surface area contributed by atoms with Crippen molar-refractivity contribution in [2.45, 2.75) is 12.1 Å². The molecule has 2 aromatic heterocycles. The molecule has 1 saturated heterocycles. The van der Waals surface area contributed by atoms with E-state index >= 15 is 0 Å². The van der Waals surface area contributed by atoms with E-state index in [4.69, 9.17) is 11.6 Å². The molecule has 0 saturated carbocycles. The maximum Gasteiger partial charge on any atom is 0.225 e. The van der Waals surface area contributed by atoms with Crippen molar-refractivity contribution >= 4 is 34.2 Å². The van der Waals surface area contributed by atoms with Crippen molar-refractivity contribution in [3.8, 4) is 0 Å². The molecule has 1 fully saturated rings. The van der Waals surface area contributed by atoms with E-state index < -0.39 is 12.1 Å². The minimum Gasteiger partial charge on any atom is -0.383 e. The Morgan fingerprint density at radius 3 is 2.39 bits per heavy atom. The van der Waals surface area contributed by atoms with Crippen LogP contribution in [-0.2, 0) is 0 Å². The topological polar surface area (TPSA) is 85.4 Å². The van der Waals surface area contributed by atoms with Gasteiger partial charge in [0.2, 0.25) is 5.95 Å². The Morgan fingerprint density at radius 2 is 1.67 bits per heavy atom. The Morgan fingerprint density at radius 1 is 0.970 bits per heavy atom. The third-order valence-corrected chi connectivity index (χ3v) is 6.43. The molecule has 2 atom stereocenters. The highest BCUT2D eigenvalue weighted by Crippen LogP contribution is 2.31. The van der Waals surface area contributed by atoms with Gasteiger partial charge in [0.25, 0.3) is 0 Å². The van der Waals surface area contributed by atoms with Crippen LogP contribution >= 0.6 is 11.6 Å². The summed E-state index contributed by atoms with van der Waals surface area (Å²) in [7, 11) is 0. The van der Waals surface area contributed by atoms with Crippen LogP contribution in [0.2, 0.25) is 5.02 Å². The smallest absolute Gasteiger partial charge is 0.225 e. The zero-order chi connectivity index (χ0) is 22.8. The number of nitrogens with zero attached hydrogens (tertiary/aromatic N) is 4. The van der Waals surface area contributed by atoms with Crippen LogP contribution in [-0.4, -0.2) is 63.0 Å². The molecule has 0 amide bonds. The van der Waals surface area contributed by atoms with E-state index in [2.05, 4.69) is 24.8 Å². The van der Waals surface area contributed by atoms with Crippen molar-refractivity contribution in [2.75, 3.05) is 31.1 Å². The lowest BCUT2D eigenvalue weighted by atomic mass is 9.93. The molecule has 8 heteroatoms. The van der Waals surface area contributed by atoms with Crippen LogP contribution in [0.15, 0.2) is 73.2 Å². The first-order chi connectivity index (χ1) is 16.1. The number of aromatic nitrogens is 3. The summed E-state index contributed by atoms with van der Waals surface area (Å²) in [6, 6.07) is 16.3. The molecule has 3 heterocycles. The summed E-state index contributed by atoms with van der Waals surface area (Å²) in [6.45, 7) is 2.71. The third kappa shape index (κ3) is 4.35. The van der Waals surface area contributed by atoms with Gasteiger partial charge < -0.3 is 15.0 Å². The van der Waals surface area contributed by atoms with Gasteiger partial charge in [0.1, 0.15) is 6.10 Å². The van der Waals surface area contributed by atoms with Crippen LogP contribution in [0.1, 0.15) is 22.0 Å². The van der Waals surface area contributed by atoms with Gasteiger partial charge in [0.15, 0.2) is 5.78 Å². The highest BCUT2D eigenvalue weighted by atomic mass is 35.5. The molecule has 33 heavy (non-hydrogen) atoms. The molecule has 0 aliphatic carbocycles. The number of hydrogen-bond acceptors (Lipinski definition) is 6. The second-order valence-electron chi connectivity index (χ2n) is 8.13. The minimum atomic E-state index is -1.23. The van der Waals surface area contributed by atoms with E-state index in [1.807, 2.05) is 36.4 Å². The second kappa shape index (κ2) is 9.31. The first-order valence-electron chi connectivity index (χ1n) is 10.9. The fourth-order valence-corrected chi connectivity index (χ4v) is 4.61. The number of halogens is 1. The van der Waals surface area contributed by atoms with Crippen molar-refractivity contribution in [2.24, 2.45) is 0 Å². The van der Waals surface area contributed by atoms with Gasteiger partial charge in [0.05, 0.1) is 6.04 Å². The largest absolute Gasteiger partial charge is 0.383 e. The number of aliphatic hydroxyl groups is 1. The van der Waals surface area contributed by atoms with Gasteiger partial charge in [-0.25, -0.2) is 9.97 Å². The molecule has 0 spiro atoms. The first-order valence-corrected chi connectivity index (χ1v) is 11.3. The molecule has 1 aliphatic heterocycles. The predicted molar refractivity (Wildman–Crippen MR) is 129 cm³/mol. The number of H-pyrrole nitrogens is 1. The maximum absolute atomic E-state index is 13.5. The van der Waals surface area contributed by atoms with Crippen LogP contribution in [0.25, 0.3) is 10.9 Å². The van der Waals surface area contributed by atoms with E-state index in [0.717, 1.165) is 16.5 Å². The number of rotatable bonds is 6. The number of anilines is 1. The molecular formula is C25H24ClN5O2. The average molecular weight is 462 g/mol. The SMILES string of the molecule is O=C(c1c[nH]c2ccccc12)C(O)C(c1ccc(Cl)cc1)N1CCN(c2ncccn2)CC1. The van der Waals surface area contributed by atoms with Gasteiger partial charge in [-0.15, -0.1) is 0 Å². The van der Waals surface area contributed by atoms with Crippen LogP contribution in [0.4, 0.5) is 5.95 Å². The molecule has 2 aromatic carbocycles. The zero-order valence-corrected chi connectivity index (χ0v) is 18.7. The Bertz CT molecular complexity index is 1240. The molecule has 0 radical (unpaired) electrons. The summed E-state index contributed by atoms with van der Waals surface area (Å²) >= 11 is 6.11. The predicted octanol–water partition coefficient (Wildman–Crippen LogP) is 3.72. The third-order valence-electron chi connectivity index (χ3n) is 6.18. The Labute approximate surface area is 196 Å². The number of hydrogen-bond donors (Lipinski definition) is 2. The fraction of sp³-hybridized carbons (Fsp3) is 0.240. The van der Waals surface area contributed by atoms with Gasteiger partial charge >= 0.3 is 0 Å². The summed E-state index contributed by atoms with van der Waals surface area (Å²) in [5, 5.41) is 12.8. The van der Waals surface area contributed by atoms with Crippen molar-refractivity contribution in [3.63, 3.8) is 0 Å². The van der Waals surface area contributed by atoms with E-state index in [0.29, 0.717) is 42.7 Å². The molecule has 0 bridgehead atoms. The molecule has 168 valence electrons. The maximum atomic E-state index is 13.5. The number of para-hydroxylation sites is 1. The molecule has 2 N–H and O–H groups in total. The number of aliphatic hydroxyl groups excluding tert-OH is 1. The highest BCUT2D eigenvalue weighted by Gasteiger charge is 2.36. The lowest BCUT2D eigenvalue weighted by molar-refractivity contribution is 0.0365. The standard InChI is InChI=1S/C25H24ClN5O2/c26-18-8-6-17(7-9-18)22(30-12-14-31(15-13-30)25-27-10-3-11-28-25)24(33)23(32)20-16-29-21-5-2-1-4-19(20)21/h1-11,16,22,24,29,33H,12-15H2. The normalized spacial score (nSPS) is 16.6. The summed E-state index contributed by atoms with van der Waals surface area (Å²) in [5.41, 5.74) is 2.21. The van der Waals surface area contributed by atoms with Crippen LogP contribution in [0, 0.1) is 0 Å². The molecule has 7 nitrogen and oxygen atoms in total. The molecule has 1 aliphatic rings. The summed E-state index contributed by atoms with van der Waals surface area (Å²) in [6.07, 6.45) is 3.91. The van der Waals surface area contributed by atoms with Gasteiger partial charge in [0, 0.05) is 66.3 Å². The first kappa shape index (κ1) is 21.6. The van der Waals surface area contributed by atoms with E-state index in [1.54, 1.807) is 36.8 Å². The lowest BCUT2D eigenvalue weighted by Gasteiger charge is -2.40. The monoisotopic (exact) mass is 461 g/mol. The number of carbonyl (C=O) groups excluding carboxylic acids is 1. The average Bonchev–Trinajstić information content (AvgIpc) is 3.30. The van der Waals surface area contributed by atoms with E-state index in [1.165, 1.54) is 0 Å². The Kier molecular flexibility index (Phi) is 6.09. The van der Waals surface area contributed by atoms with Crippen molar-refractivity contribution < 1.29 is 9.90 Å². The number of fused-ring (bicyclic) bond motifs is 1. The molecule has 5 rings (SSSR count). The number of nitrogens with one attached hydrogen (secondary N) is 1. The fourth-order valence-electron chi connectivity index (χ4n) is 4.49. The van der Waals surface area contributed by atoms with Crippen LogP contribution in [0.5, 0.6) is 0 Å². The number of aromatic amines is 1. The number of benzene rings is 2.